The molecule has 1 amide bonds. The lowest BCUT2D eigenvalue weighted by atomic mass is 9.94. The van der Waals surface area contributed by atoms with Crippen LogP contribution in [0.1, 0.15) is 31.1 Å². The zero-order valence-corrected chi connectivity index (χ0v) is 16.5. The molecule has 1 aliphatic heterocycles. The summed E-state index contributed by atoms with van der Waals surface area (Å²) in [6, 6.07) is 9.12. The number of anilines is 1. The Hall–Kier alpha value is -2.35. The van der Waals surface area contributed by atoms with Gasteiger partial charge < -0.3 is 25.6 Å². The molecule has 1 heterocycles. The molecule has 2 aromatic rings. The highest BCUT2D eigenvalue weighted by atomic mass is 35.5. The molecule has 152 valence electrons. The van der Waals surface area contributed by atoms with Gasteiger partial charge in [-0.05, 0) is 44.0 Å². The Morgan fingerprint density at radius 3 is 2.64 bits per heavy atom. The summed E-state index contributed by atoms with van der Waals surface area (Å²) in [4.78, 5) is 11.5. The zero-order chi connectivity index (χ0) is 19.6. The number of ether oxygens (including phenoxy) is 1. The Balaban J connectivity index is 0.00000280. The second kappa shape index (κ2) is 8.77. The van der Waals surface area contributed by atoms with Crippen LogP contribution in [0.4, 0.5) is 10.1 Å². The molecule has 8 heteroatoms. The summed E-state index contributed by atoms with van der Waals surface area (Å²) in [5.41, 5.74) is 1.36. The summed E-state index contributed by atoms with van der Waals surface area (Å²) >= 11 is 0. The summed E-state index contributed by atoms with van der Waals surface area (Å²) in [6.07, 6.45) is -0.307. The summed E-state index contributed by atoms with van der Waals surface area (Å²) in [5.74, 6) is -0.301. The third-order valence-electron chi connectivity index (χ3n) is 4.42. The van der Waals surface area contributed by atoms with E-state index in [0.717, 1.165) is 5.56 Å². The number of aromatic hydroxyl groups is 1. The number of benzene rings is 2. The van der Waals surface area contributed by atoms with E-state index >= 15 is 0 Å². The highest BCUT2D eigenvalue weighted by molar-refractivity contribution is 5.96. The SMILES string of the molecule is CC(C)(Cc1ccc(F)cc1)NCC(O)c1cc(O)cc2c1OCC(=O)N2.Cl. The van der Waals surface area contributed by atoms with Crippen molar-refractivity contribution in [1.82, 2.24) is 5.32 Å². The van der Waals surface area contributed by atoms with Gasteiger partial charge >= 0.3 is 0 Å². The molecule has 28 heavy (non-hydrogen) atoms. The Kier molecular flexibility index (Phi) is 6.87. The third-order valence-corrected chi connectivity index (χ3v) is 4.42. The minimum absolute atomic E-state index is 0. The first-order chi connectivity index (χ1) is 12.7. The largest absolute Gasteiger partial charge is 0.508 e. The van der Waals surface area contributed by atoms with Crippen molar-refractivity contribution in [3.8, 4) is 11.5 Å². The molecule has 0 bridgehead atoms. The third kappa shape index (κ3) is 5.34. The lowest BCUT2D eigenvalue weighted by Gasteiger charge is -2.29. The van der Waals surface area contributed by atoms with Gasteiger partial charge in [-0.25, -0.2) is 4.39 Å². The van der Waals surface area contributed by atoms with Crippen molar-refractivity contribution in [3.63, 3.8) is 0 Å². The van der Waals surface area contributed by atoms with E-state index in [0.29, 0.717) is 23.4 Å². The Labute approximate surface area is 169 Å². The fourth-order valence-corrected chi connectivity index (χ4v) is 3.12. The maximum atomic E-state index is 13.0. The molecule has 1 aliphatic rings. The van der Waals surface area contributed by atoms with Gasteiger partial charge in [-0.15, -0.1) is 12.4 Å². The molecular weight excluding hydrogens is 387 g/mol. The van der Waals surface area contributed by atoms with Gasteiger partial charge in [0, 0.05) is 23.7 Å². The van der Waals surface area contributed by atoms with Crippen molar-refractivity contribution in [1.29, 1.82) is 0 Å². The molecule has 1 atom stereocenters. The highest BCUT2D eigenvalue weighted by Gasteiger charge is 2.26. The van der Waals surface area contributed by atoms with Gasteiger partial charge in [0.1, 0.15) is 17.3 Å². The second-order valence-electron chi connectivity index (χ2n) is 7.33. The number of carbonyl (C=O) groups excluding carboxylic acids is 1. The first kappa shape index (κ1) is 21.9. The molecule has 2 aromatic carbocycles. The highest BCUT2D eigenvalue weighted by Crippen LogP contribution is 2.38. The topological polar surface area (TPSA) is 90.8 Å². The molecule has 0 fully saturated rings. The van der Waals surface area contributed by atoms with Crippen molar-refractivity contribution in [2.75, 3.05) is 18.5 Å². The molecule has 0 saturated carbocycles. The van der Waals surface area contributed by atoms with Crippen LogP contribution in [-0.2, 0) is 11.2 Å². The Morgan fingerprint density at radius 1 is 1.29 bits per heavy atom. The van der Waals surface area contributed by atoms with Crippen molar-refractivity contribution >= 4 is 24.0 Å². The van der Waals surface area contributed by atoms with E-state index in [9.17, 15) is 19.4 Å². The number of aliphatic hydroxyl groups excluding tert-OH is 1. The van der Waals surface area contributed by atoms with Crippen LogP contribution in [0.5, 0.6) is 11.5 Å². The number of aliphatic hydroxyl groups is 1. The number of hydrogen-bond donors (Lipinski definition) is 4. The van der Waals surface area contributed by atoms with Crippen LogP contribution in [0.15, 0.2) is 36.4 Å². The molecule has 0 spiro atoms. The van der Waals surface area contributed by atoms with Gasteiger partial charge in [0.2, 0.25) is 0 Å². The van der Waals surface area contributed by atoms with E-state index in [1.165, 1.54) is 24.3 Å². The quantitative estimate of drug-likeness (QED) is 0.588. The minimum atomic E-state index is -0.951. The fourth-order valence-electron chi connectivity index (χ4n) is 3.12. The van der Waals surface area contributed by atoms with Crippen LogP contribution in [0.3, 0.4) is 0 Å². The summed E-state index contributed by atoms with van der Waals surface area (Å²) < 4.78 is 18.5. The van der Waals surface area contributed by atoms with E-state index in [2.05, 4.69) is 10.6 Å². The van der Waals surface area contributed by atoms with E-state index in [4.69, 9.17) is 4.74 Å². The van der Waals surface area contributed by atoms with Crippen molar-refractivity contribution in [2.45, 2.75) is 31.9 Å². The van der Waals surface area contributed by atoms with Crippen LogP contribution in [0.2, 0.25) is 0 Å². The number of hydrogen-bond acceptors (Lipinski definition) is 5. The van der Waals surface area contributed by atoms with E-state index in [-0.39, 0.29) is 48.6 Å². The number of nitrogens with one attached hydrogen (secondary N) is 2. The van der Waals surface area contributed by atoms with Gasteiger partial charge in [-0.1, -0.05) is 12.1 Å². The van der Waals surface area contributed by atoms with Gasteiger partial charge in [0.05, 0.1) is 11.8 Å². The van der Waals surface area contributed by atoms with Gasteiger partial charge in [0.25, 0.3) is 5.91 Å². The molecular formula is C20H24ClFN2O4. The first-order valence-corrected chi connectivity index (χ1v) is 8.70. The predicted molar refractivity (Wildman–Crippen MR) is 107 cm³/mol. The first-order valence-electron chi connectivity index (χ1n) is 8.70. The molecule has 0 aliphatic carbocycles. The molecule has 0 radical (unpaired) electrons. The molecule has 3 rings (SSSR count). The van der Waals surface area contributed by atoms with Crippen LogP contribution in [0, 0.1) is 5.82 Å². The average molecular weight is 411 g/mol. The predicted octanol–water partition coefficient (Wildman–Crippen LogP) is 2.93. The van der Waals surface area contributed by atoms with Gasteiger partial charge in [-0.3, -0.25) is 4.79 Å². The fraction of sp³-hybridized carbons (Fsp3) is 0.350. The van der Waals surface area contributed by atoms with Gasteiger partial charge in [0.15, 0.2) is 6.61 Å². The maximum Gasteiger partial charge on any atom is 0.262 e. The molecule has 0 aromatic heterocycles. The van der Waals surface area contributed by atoms with E-state index in [1.807, 2.05) is 13.8 Å². The number of β-amino-alcohol motifs (C(OH)–C–C–N with tert-alkyl or cyclic N) is 1. The van der Waals surface area contributed by atoms with Gasteiger partial charge in [-0.2, -0.15) is 0 Å². The normalized spacial score (nSPS) is 14.4. The van der Waals surface area contributed by atoms with Crippen molar-refractivity contribution < 1.29 is 24.1 Å². The standard InChI is InChI=1S/C20H23FN2O4.ClH/c1-20(2,9-12-3-5-13(21)6-4-12)22-10-17(25)15-7-14(24)8-16-19(15)27-11-18(26)23-16;/h3-8,17,22,24-25H,9-11H2,1-2H3,(H,23,26);1H. The Bertz CT molecular complexity index is 843. The summed E-state index contributed by atoms with van der Waals surface area (Å²) in [7, 11) is 0. The zero-order valence-electron chi connectivity index (χ0n) is 15.7. The summed E-state index contributed by atoms with van der Waals surface area (Å²) in [6.45, 7) is 4.04. The number of fused-ring (bicyclic) bond motifs is 1. The molecule has 1 unspecified atom stereocenters. The molecule has 0 saturated heterocycles. The number of phenolic OH excluding ortho intramolecular Hbond substituents is 1. The monoisotopic (exact) mass is 410 g/mol. The number of halogens is 2. The smallest absolute Gasteiger partial charge is 0.262 e. The van der Waals surface area contributed by atoms with Crippen LogP contribution >= 0.6 is 12.4 Å². The van der Waals surface area contributed by atoms with Crippen molar-refractivity contribution in [2.24, 2.45) is 0 Å². The Morgan fingerprint density at radius 2 is 1.96 bits per heavy atom. The molecule has 6 nitrogen and oxygen atoms in total. The number of rotatable bonds is 6. The van der Waals surface area contributed by atoms with E-state index in [1.54, 1.807) is 12.1 Å². The summed E-state index contributed by atoms with van der Waals surface area (Å²) in [5, 5.41) is 26.4. The average Bonchev–Trinajstić information content (AvgIpc) is 2.60. The van der Waals surface area contributed by atoms with Crippen LogP contribution in [0.25, 0.3) is 0 Å². The maximum absolute atomic E-state index is 13.0. The number of amides is 1. The number of phenols is 1. The van der Waals surface area contributed by atoms with Crippen LogP contribution < -0.4 is 15.4 Å². The minimum Gasteiger partial charge on any atom is -0.508 e. The van der Waals surface area contributed by atoms with Crippen molar-refractivity contribution in [3.05, 3.63) is 53.3 Å². The number of carbonyl (C=O) groups is 1. The lowest BCUT2D eigenvalue weighted by molar-refractivity contribution is -0.118. The lowest BCUT2D eigenvalue weighted by Crippen LogP contribution is -2.43. The molecule has 4 N–H and O–H groups in total. The second-order valence-corrected chi connectivity index (χ2v) is 7.33. The van der Waals surface area contributed by atoms with Crippen LogP contribution in [-0.4, -0.2) is 34.8 Å². The van der Waals surface area contributed by atoms with E-state index < -0.39 is 6.10 Å².